The number of alkyl halides is 1. The van der Waals surface area contributed by atoms with Gasteiger partial charge < -0.3 is 4.57 Å². The van der Waals surface area contributed by atoms with Crippen molar-refractivity contribution in [2.75, 3.05) is 5.88 Å². The molecule has 2 nitrogen and oxygen atoms in total. The summed E-state index contributed by atoms with van der Waals surface area (Å²) in [6.07, 6.45) is 1.80. The molecule has 1 aromatic heterocycles. The summed E-state index contributed by atoms with van der Waals surface area (Å²) in [5, 5.41) is 1.79. The highest BCUT2D eigenvalue weighted by atomic mass is 35.5. The van der Waals surface area contributed by atoms with Gasteiger partial charge in [-0.25, -0.2) is 0 Å². The van der Waals surface area contributed by atoms with E-state index in [4.69, 9.17) is 11.6 Å². The molecule has 1 heterocycles. The van der Waals surface area contributed by atoms with Gasteiger partial charge in [-0.15, -0.1) is 11.6 Å². The summed E-state index contributed by atoms with van der Waals surface area (Å²) in [6, 6.07) is 0. The zero-order valence-corrected chi connectivity index (χ0v) is 7.86. The molecule has 0 aliphatic heterocycles. The molecule has 0 aliphatic carbocycles. The maximum atomic E-state index is 11.0. The van der Waals surface area contributed by atoms with Gasteiger partial charge in [-0.1, -0.05) is 18.3 Å². The predicted octanol–water partition coefficient (Wildman–Crippen LogP) is 1.78. The highest BCUT2D eigenvalue weighted by Crippen LogP contribution is 2.01. The number of aromatic nitrogens is 1. The van der Waals surface area contributed by atoms with Crippen molar-refractivity contribution in [2.24, 2.45) is 5.92 Å². The van der Waals surface area contributed by atoms with Gasteiger partial charge >= 0.3 is 4.87 Å². The Kier molecular flexibility index (Phi) is 3.15. The first-order valence-electron chi connectivity index (χ1n) is 3.44. The summed E-state index contributed by atoms with van der Waals surface area (Å²) in [5.74, 6) is 0.964. The van der Waals surface area contributed by atoms with Crippen molar-refractivity contribution in [3.05, 3.63) is 21.2 Å². The SMILES string of the molecule is CC(CCl)Cn1ccsc1=O. The van der Waals surface area contributed by atoms with Gasteiger partial charge in [0, 0.05) is 24.0 Å². The average molecular weight is 192 g/mol. The molecule has 1 atom stereocenters. The number of rotatable bonds is 3. The molecule has 11 heavy (non-hydrogen) atoms. The van der Waals surface area contributed by atoms with Crippen molar-refractivity contribution in [1.82, 2.24) is 4.57 Å². The van der Waals surface area contributed by atoms with Crippen LogP contribution in [0.25, 0.3) is 0 Å². The summed E-state index contributed by atoms with van der Waals surface area (Å²) in [4.78, 5) is 11.1. The molecule has 0 radical (unpaired) electrons. The van der Waals surface area contributed by atoms with Crippen molar-refractivity contribution in [2.45, 2.75) is 13.5 Å². The maximum absolute atomic E-state index is 11.0. The maximum Gasteiger partial charge on any atom is 0.307 e. The number of nitrogens with zero attached hydrogens (tertiary/aromatic N) is 1. The molecule has 0 saturated carbocycles. The van der Waals surface area contributed by atoms with Crippen molar-refractivity contribution < 1.29 is 0 Å². The second kappa shape index (κ2) is 3.93. The predicted molar refractivity (Wildman–Crippen MR) is 48.5 cm³/mol. The van der Waals surface area contributed by atoms with E-state index in [0.717, 1.165) is 6.54 Å². The standard InChI is InChI=1S/C7H10ClNOS/c1-6(4-8)5-9-2-3-11-7(9)10/h2-3,6H,4-5H2,1H3. The smallest absolute Gasteiger partial charge is 0.306 e. The minimum Gasteiger partial charge on any atom is -0.306 e. The molecule has 0 fully saturated rings. The van der Waals surface area contributed by atoms with E-state index < -0.39 is 0 Å². The van der Waals surface area contributed by atoms with Crippen LogP contribution in [0.3, 0.4) is 0 Å². The quantitative estimate of drug-likeness (QED) is 0.668. The minimum atomic E-state index is 0.0990. The first kappa shape index (κ1) is 8.81. The van der Waals surface area contributed by atoms with E-state index in [-0.39, 0.29) is 4.87 Å². The van der Waals surface area contributed by atoms with E-state index >= 15 is 0 Å². The van der Waals surface area contributed by atoms with Crippen LogP contribution >= 0.6 is 22.9 Å². The molecule has 0 aliphatic rings. The Labute approximate surface area is 74.4 Å². The molecule has 0 aromatic carbocycles. The van der Waals surface area contributed by atoms with Crippen molar-refractivity contribution in [3.8, 4) is 0 Å². The van der Waals surface area contributed by atoms with Crippen LogP contribution in [0, 0.1) is 5.92 Å². The largest absolute Gasteiger partial charge is 0.307 e. The lowest BCUT2D eigenvalue weighted by atomic mass is 10.2. The Morgan fingerprint density at radius 2 is 2.55 bits per heavy atom. The minimum absolute atomic E-state index is 0.0990. The van der Waals surface area contributed by atoms with Crippen LogP contribution in [0.15, 0.2) is 16.4 Å². The van der Waals surface area contributed by atoms with Gasteiger partial charge in [0.15, 0.2) is 0 Å². The summed E-state index contributed by atoms with van der Waals surface area (Å²) in [6.45, 7) is 2.75. The molecule has 0 amide bonds. The molecule has 0 spiro atoms. The van der Waals surface area contributed by atoms with Gasteiger partial charge in [0.1, 0.15) is 0 Å². The van der Waals surface area contributed by atoms with Gasteiger partial charge in [0.25, 0.3) is 0 Å². The fourth-order valence-corrected chi connectivity index (χ4v) is 1.50. The van der Waals surface area contributed by atoms with Crippen LogP contribution in [0.4, 0.5) is 0 Å². The van der Waals surface area contributed by atoms with Crippen LogP contribution in [0.5, 0.6) is 0 Å². The van der Waals surface area contributed by atoms with Crippen LogP contribution in [-0.4, -0.2) is 10.4 Å². The molecular weight excluding hydrogens is 182 g/mol. The summed E-state index contributed by atoms with van der Waals surface area (Å²) >= 11 is 6.83. The first-order valence-corrected chi connectivity index (χ1v) is 4.85. The van der Waals surface area contributed by atoms with E-state index in [1.807, 2.05) is 6.92 Å². The highest BCUT2D eigenvalue weighted by Gasteiger charge is 2.02. The van der Waals surface area contributed by atoms with Gasteiger partial charge in [-0.2, -0.15) is 0 Å². The van der Waals surface area contributed by atoms with E-state index in [9.17, 15) is 4.79 Å². The van der Waals surface area contributed by atoms with E-state index in [2.05, 4.69) is 0 Å². The molecule has 4 heteroatoms. The molecule has 0 bridgehead atoms. The molecule has 1 rings (SSSR count). The lowest BCUT2D eigenvalue weighted by molar-refractivity contribution is 0.523. The van der Waals surface area contributed by atoms with E-state index in [1.54, 1.807) is 16.1 Å². The molecule has 62 valence electrons. The normalized spacial score (nSPS) is 13.3. The Hall–Kier alpha value is -0.280. The topological polar surface area (TPSA) is 22.0 Å². The summed E-state index contributed by atoms with van der Waals surface area (Å²) < 4.78 is 1.69. The molecule has 0 N–H and O–H groups in total. The third-order valence-electron chi connectivity index (χ3n) is 1.42. The van der Waals surface area contributed by atoms with E-state index in [0.29, 0.717) is 11.8 Å². The lowest BCUT2D eigenvalue weighted by Gasteiger charge is -2.05. The Balaban J connectivity index is 2.64. The summed E-state index contributed by atoms with van der Waals surface area (Å²) in [7, 11) is 0. The second-order valence-electron chi connectivity index (χ2n) is 2.58. The number of hydrogen-bond donors (Lipinski definition) is 0. The van der Waals surface area contributed by atoms with Crippen molar-refractivity contribution in [1.29, 1.82) is 0 Å². The van der Waals surface area contributed by atoms with Gasteiger partial charge in [-0.05, 0) is 5.92 Å². The zero-order valence-electron chi connectivity index (χ0n) is 6.29. The van der Waals surface area contributed by atoms with Crippen molar-refractivity contribution in [3.63, 3.8) is 0 Å². The van der Waals surface area contributed by atoms with Gasteiger partial charge in [0.2, 0.25) is 0 Å². The van der Waals surface area contributed by atoms with Crippen LogP contribution < -0.4 is 4.87 Å². The summed E-state index contributed by atoms with van der Waals surface area (Å²) in [5.41, 5.74) is 0. The molecule has 1 aromatic rings. The van der Waals surface area contributed by atoms with Crippen LogP contribution in [0.2, 0.25) is 0 Å². The first-order chi connectivity index (χ1) is 5.24. The zero-order chi connectivity index (χ0) is 8.27. The molecule has 0 saturated heterocycles. The third kappa shape index (κ3) is 2.34. The molecular formula is C7H10ClNOS. The Morgan fingerprint density at radius 1 is 1.82 bits per heavy atom. The highest BCUT2D eigenvalue weighted by molar-refractivity contribution is 7.07. The average Bonchev–Trinajstić information content (AvgIpc) is 2.37. The lowest BCUT2D eigenvalue weighted by Crippen LogP contribution is -2.17. The van der Waals surface area contributed by atoms with Crippen LogP contribution in [0.1, 0.15) is 6.92 Å². The number of halogens is 1. The fourth-order valence-electron chi connectivity index (χ4n) is 0.811. The Bertz CT molecular complexity index is 267. The third-order valence-corrected chi connectivity index (χ3v) is 2.64. The van der Waals surface area contributed by atoms with E-state index in [1.165, 1.54) is 11.3 Å². The monoisotopic (exact) mass is 191 g/mol. The van der Waals surface area contributed by atoms with Crippen molar-refractivity contribution >= 4 is 22.9 Å². The fraction of sp³-hybridized carbons (Fsp3) is 0.571. The number of thiazole rings is 1. The Morgan fingerprint density at radius 3 is 3.00 bits per heavy atom. The van der Waals surface area contributed by atoms with Gasteiger partial charge in [0.05, 0.1) is 0 Å². The number of hydrogen-bond acceptors (Lipinski definition) is 2. The molecule has 1 unspecified atom stereocenters. The van der Waals surface area contributed by atoms with Gasteiger partial charge in [-0.3, -0.25) is 4.79 Å². The van der Waals surface area contributed by atoms with Crippen LogP contribution in [-0.2, 0) is 6.54 Å². The second-order valence-corrected chi connectivity index (χ2v) is 3.75.